The lowest BCUT2D eigenvalue weighted by Crippen LogP contribution is -2.54. The molecule has 0 bridgehead atoms. The molecule has 4 amide bonds. The predicted octanol–water partition coefficient (Wildman–Crippen LogP) is 2.38. The molecule has 2 aromatic rings. The molecule has 3 rings (SSSR count). The number of para-hydroxylation sites is 2. The summed E-state index contributed by atoms with van der Waals surface area (Å²) >= 11 is 0. The molecule has 1 aliphatic heterocycles. The molecule has 1 heterocycles. The van der Waals surface area contributed by atoms with Gasteiger partial charge in [-0.2, -0.15) is 0 Å². The van der Waals surface area contributed by atoms with E-state index in [1.54, 1.807) is 42.5 Å². The SMILES string of the molecule is COc1ccc(C=C2C(=O)NC(=O)N(c3ccccc3OC)C2=O)cc1OC. The van der Waals surface area contributed by atoms with Gasteiger partial charge in [0.25, 0.3) is 11.8 Å². The second-order valence-corrected chi connectivity index (χ2v) is 5.74. The van der Waals surface area contributed by atoms with Gasteiger partial charge in [-0.05, 0) is 35.9 Å². The van der Waals surface area contributed by atoms with Crippen molar-refractivity contribution in [1.82, 2.24) is 5.32 Å². The van der Waals surface area contributed by atoms with E-state index in [1.165, 1.54) is 27.4 Å². The Bertz CT molecular complexity index is 982. The van der Waals surface area contributed by atoms with E-state index in [1.807, 2.05) is 0 Å². The van der Waals surface area contributed by atoms with Crippen molar-refractivity contribution in [3.8, 4) is 17.2 Å². The van der Waals surface area contributed by atoms with Crippen LogP contribution in [0.25, 0.3) is 6.08 Å². The molecule has 1 fully saturated rings. The second-order valence-electron chi connectivity index (χ2n) is 5.74. The predicted molar refractivity (Wildman–Crippen MR) is 102 cm³/mol. The molecule has 1 saturated heterocycles. The summed E-state index contributed by atoms with van der Waals surface area (Å²) in [5.74, 6) is -0.261. The minimum Gasteiger partial charge on any atom is -0.495 e. The lowest BCUT2D eigenvalue weighted by Gasteiger charge is -2.27. The normalized spacial score (nSPS) is 15.5. The maximum Gasteiger partial charge on any atom is 0.336 e. The first-order valence-electron chi connectivity index (χ1n) is 8.26. The summed E-state index contributed by atoms with van der Waals surface area (Å²) in [4.78, 5) is 38.4. The van der Waals surface area contributed by atoms with Crippen LogP contribution in [-0.2, 0) is 9.59 Å². The number of barbiturate groups is 1. The molecule has 0 saturated carbocycles. The van der Waals surface area contributed by atoms with Crippen LogP contribution < -0.4 is 24.4 Å². The summed E-state index contributed by atoms with van der Waals surface area (Å²) < 4.78 is 15.6. The van der Waals surface area contributed by atoms with Gasteiger partial charge in [-0.15, -0.1) is 0 Å². The molecule has 1 N–H and O–H groups in total. The number of hydrogen-bond acceptors (Lipinski definition) is 6. The molecule has 0 spiro atoms. The van der Waals surface area contributed by atoms with Crippen LogP contribution in [0.2, 0.25) is 0 Å². The van der Waals surface area contributed by atoms with E-state index >= 15 is 0 Å². The second kappa shape index (κ2) is 7.83. The molecular formula is C20H18N2O6. The van der Waals surface area contributed by atoms with E-state index in [-0.39, 0.29) is 11.3 Å². The van der Waals surface area contributed by atoms with Crippen LogP contribution in [0.4, 0.5) is 10.5 Å². The van der Waals surface area contributed by atoms with Crippen molar-refractivity contribution >= 4 is 29.6 Å². The van der Waals surface area contributed by atoms with Gasteiger partial charge in [0.05, 0.1) is 27.0 Å². The number of ether oxygens (including phenoxy) is 3. The van der Waals surface area contributed by atoms with Gasteiger partial charge in [0.2, 0.25) is 0 Å². The van der Waals surface area contributed by atoms with Gasteiger partial charge >= 0.3 is 6.03 Å². The number of methoxy groups -OCH3 is 3. The number of urea groups is 1. The molecule has 144 valence electrons. The first kappa shape index (κ1) is 19.0. The molecule has 0 radical (unpaired) electrons. The van der Waals surface area contributed by atoms with E-state index < -0.39 is 17.8 Å². The number of imide groups is 2. The molecule has 0 unspecified atom stereocenters. The highest BCUT2D eigenvalue weighted by atomic mass is 16.5. The number of hydrogen-bond donors (Lipinski definition) is 1. The monoisotopic (exact) mass is 382 g/mol. The molecule has 28 heavy (non-hydrogen) atoms. The van der Waals surface area contributed by atoms with Crippen LogP contribution >= 0.6 is 0 Å². The van der Waals surface area contributed by atoms with Crippen molar-refractivity contribution in [1.29, 1.82) is 0 Å². The van der Waals surface area contributed by atoms with Crippen LogP contribution in [0.5, 0.6) is 17.2 Å². The topological polar surface area (TPSA) is 94.2 Å². The van der Waals surface area contributed by atoms with Gasteiger partial charge in [0.1, 0.15) is 11.3 Å². The highest BCUT2D eigenvalue weighted by molar-refractivity contribution is 6.39. The fourth-order valence-electron chi connectivity index (χ4n) is 2.80. The van der Waals surface area contributed by atoms with Gasteiger partial charge in [-0.25, -0.2) is 9.69 Å². The van der Waals surface area contributed by atoms with Crippen molar-refractivity contribution in [2.45, 2.75) is 0 Å². The average Bonchev–Trinajstić information content (AvgIpc) is 2.71. The number of rotatable bonds is 5. The average molecular weight is 382 g/mol. The van der Waals surface area contributed by atoms with Crippen LogP contribution in [0, 0.1) is 0 Å². The van der Waals surface area contributed by atoms with E-state index in [4.69, 9.17) is 14.2 Å². The number of anilines is 1. The summed E-state index contributed by atoms with van der Waals surface area (Å²) in [6.45, 7) is 0. The Morgan fingerprint density at radius 3 is 2.21 bits per heavy atom. The number of nitrogens with one attached hydrogen (secondary N) is 1. The zero-order chi connectivity index (χ0) is 20.3. The van der Waals surface area contributed by atoms with Gasteiger partial charge in [0.15, 0.2) is 11.5 Å². The van der Waals surface area contributed by atoms with E-state index in [9.17, 15) is 14.4 Å². The zero-order valence-electron chi connectivity index (χ0n) is 15.5. The highest BCUT2D eigenvalue weighted by Gasteiger charge is 2.38. The van der Waals surface area contributed by atoms with Crippen molar-refractivity contribution in [3.05, 3.63) is 53.6 Å². The van der Waals surface area contributed by atoms with Crippen LogP contribution in [0.3, 0.4) is 0 Å². The number of carbonyl (C=O) groups excluding carboxylic acids is 3. The molecule has 8 heteroatoms. The Balaban J connectivity index is 2.04. The Kier molecular flexibility index (Phi) is 5.30. The summed E-state index contributed by atoms with van der Waals surface area (Å²) in [6.07, 6.45) is 1.38. The molecule has 8 nitrogen and oxygen atoms in total. The van der Waals surface area contributed by atoms with E-state index in [0.717, 1.165) is 4.90 Å². The molecule has 0 aliphatic carbocycles. The lowest BCUT2D eigenvalue weighted by atomic mass is 10.1. The molecule has 1 aliphatic rings. The number of amides is 4. The Labute approximate surface area is 161 Å². The first-order chi connectivity index (χ1) is 13.5. The quantitative estimate of drug-likeness (QED) is 0.630. The maximum absolute atomic E-state index is 13.0. The van der Waals surface area contributed by atoms with Crippen LogP contribution in [-0.4, -0.2) is 39.2 Å². The third kappa shape index (κ3) is 3.39. The van der Waals surface area contributed by atoms with Gasteiger partial charge in [-0.1, -0.05) is 18.2 Å². The van der Waals surface area contributed by atoms with Crippen LogP contribution in [0.1, 0.15) is 5.56 Å². The van der Waals surface area contributed by atoms with Crippen molar-refractivity contribution in [2.24, 2.45) is 0 Å². The Hall–Kier alpha value is -3.81. The van der Waals surface area contributed by atoms with Crippen molar-refractivity contribution < 1.29 is 28.6 Å². The summed E-state index contributed by atoms with van der Waals surface area (Å²) in [5, 5.41) is 2.18. The number of nitrogens with zero attached hydrogens (tertiary/aromatic N) is 1. The summed E-state index contributed by atoms with van der Waals surface area (Å²) in [7, 11) is 4.41. The van der Waals surface area contributed by atoms with Gasteiger partial charge in [0, 0.05) is 0 Å². The van der Waals surface area contributed by atoms with Crippen LogP contribution in [0.15, 0.2) is 48.0 Å². The molecule has 0 atom stereocenters. The van der Waals surface area contributed by atoms with Gasteiger partial charge in [-0.3, -0.25) is 14.9 Å². The smallest absolute Gasteiger partial charge is 0.336 e. The summed E-state index contributed by atoms with van der Waals surface area (Å²) in [5.41, 5.74) is 0.571. The third-order valence-corrected chi connectivity index (χ3v) is 4.15. The Morgan fingerprint density at radius 1 is 0.857 bits per heavy atom. The first-order valence-corrected chi connectivity index (χ1v) is 8.26. The summed E-state index contributed by atoms with van der Waals surface area (Å²) in [6, 6.07) is 10.6. The minimum atomic E-state index is -0.844. The molecular weight excluding hydrogens is 364 g/mol. The third-order valence-electron chi connectivity index (χ3n) is 4.15. The number of benzene rings is 2. The van der Waals surface area contributed by atoms with E-state index in [0.29, 0.717) is 22.8 Å². The molecule has 0 aromatic heterocycles. The Morgan fingerprint density at radius 2 is 1.54 bits per heavy atom. The van der Waals surface area contributed by atoms with Gasteiger partial charge < -0.3 is 14.2 Å². The van der Waals surface area contributed by atoms with Crippen molar-refractivity contribution in [3.63, 3.8) is 0 Å². The minimum absolute atomic E-state index is 0.197. The number of carbonyl (C=O) groups is 3. The fraction of sp³-hybridized carbons (Fsp3) is 0.150. The highest BCUT2D eigenvalue weighted by Crippen LogP contribution is 2.32. The molecule has 2 aromatic carbocycles. The maximum atomic E-state index is 13.0. The standard InChI is InChI=1S/C20H18N2O6/c1-26-15-7-5-4-6-14(15)22-19(24)13(18(23)21-20(22)25)10-12-8-9-16(27-2)17(11-12)28-3/h4-11H,1-3H3,(H,21,23,25). The lowest BCUT2D eigenvalue weighted by molar-refractivity contribution is -0.122. The fourth-order valence-corrected chi connectivity index (χ4v) is 2.80. The van der Waals surface area contributed by atoms with E-state index in [2.05, 4.69) is 5.32 Å². The zero-order valence-corrected chi connectivity index (χ0v) is 15.5. The largest absolute Gasteiger partial charge is 0.495 e. The van der Waals surface area contributed by atoms with Crippen molar-refractivity contribution in [2.75, 3.05) is 26.2 Å².